The number of Topliss-reactive ketones (excluding diaryl/α,β-unsaturated/α-hetero) is 1. The van der Waals surface area contributed by atoms with Crippen LogP contribution in [0.2, 0.25) is 5.02 Å². The summed E-state index contributed by atoms with van der Waals surface area (Å²) in [7, 11) is 0. The second kappa shape index (κ2) is 7.61. The molecule has 27 heavy (non-hydrogen) atoms. The molecule has 3 atom stereocenters. The van der Waals surface area contributed by atoms with E-state index in [1.54, 1.807) is 11.8 Å². The molecule has 0 aromatic heterocycles. The minimum absolute atomic E-state index is 0.00776. The summed E-state index contributed by atoms with van der Waals surface area (Å²) in [6.07, 6.45) is 3.39. The highest BCUT2D eigenvalue weighted by Crippen LogP contribution is 2.43. The number of benzene rings is 2. The molecule has 2 aliphatic rings. The molecule has 138 valence electrons. The van der Waals surface area contributed by atoms with Crippen molar-refractivity contribution in [3.8, 4) is 0 Å². The maximum absolute atomic E-state index is 13.1. The number of aliphatic imine (C=N–C) groups is 1. The van der Waals surface area contributed by atoms with Gasteiger partial charge in [-0.1, -0.05) is 41.9 Å². The molecule has 5 heteroatoms. The van der Waals surface area contributed by atoms with Crippen LogP contribution in [0.4, 0.5) is 0 Å². The Morgan fingerprint density at radius 3 is 2.44 bits per heavy atom. The van der Waals surface area contributed by atoms with E-state index in [2.05, 4.69) is 17.1 Å². The van der Waals surface area contributed by atoms with Gasteiger partial charge in [-0.15, -0.1) is 11.8 Å². The van der Waals surface area contributed by atoms with Crippen molar-refractivity contribution in [2.45, 2.75) is 36.0 Å². The Morgan fingerprint density at radius 1 is 1.00 bits per heavy atom. The van der Waals surface area contributed by atoms with E-state index in [0.29, 0.717) is 24.3 Å². The molecule has 2 aromatic rings. The standard InChI is InChI=1S/C22H20ClNO2S/c1-27-15-8-6-13(7-9-15)17-12-21(26)24-19-10-14(11-20(25)22(17)19)16-4-2-3-5-18(16)23/h2-9,14,17,22H,10-12H2,1H3. The number of thioether (sulfide) groups is 1. The van der Waals surface area contributed by atoms with E-state index < -0.39 is 0 Å². The number of carbonyl (C=O) groups is 2. The van der Waals surface area contributed by atoms with Crippen LogP contribution in [0, 0.1) is 5.92 Å². The van der Waals surface area contributed by atoms with Crippen molar-refractivity contribution in [3.05, 3.63) is 64.7 Å². The molecule has 1 amide bonds. The lowest BCUT2D eigenvalue weighted by atomic mass is 9.67. The van der Waals surface area contributed by atoms with Crippen molar-refractivity contribution in [1.82, 2.24) is 0 Å². The van der Waals surface area contributed by atoms with Gasteiger partial charge in [0.2, 0.25) is 5.91 Å². The number of carbonyl (C=O) groups excluding carboxylic acids is 2. The molecule has 1 saturated carbocycles. The summed E-state index contributed by atoms with van der Waals surface area (Å²) in [5.74, 6) is -0.377. The summed E-state index contributed by atoms with van der Waals surface area (Å²) in [4.78, 5) is 30.9. The molecule has 1 aliphatic carbocycles. The molecule has 3 nitrogen and oxygen atoms in total. The van der Waals surface area contributed by atoms with Crippen molar-refractivity contribution in [3.63, 3.8) is 0 Å². The molecule has 0 bridgehead atoms. The summed E-state index contributed by atoms with van der Waals surface area (Å²) >= 11 is 8.02. The number of ketones is 1. The Kier molecular flexibility index (Phi) is 5.20. The predicted molar refractivity (Wildman–Crippen MR) is 110 cm³/mol. The van der Waals surface area contributed by atoms with Gasteiger partial charge in [-0.3, -0.25) is 9.59 Å². The molecule has 0 spiro atoms. The summed E-state index contributed by atoms with van der Waals surface area (Å²) < 4.78 is 0. The fourth-order valence-corrected chi connectivity index (χ4v) is 4.98. The van der Waals surface area contributed by atoms with E-state index in [1.807, 2.05) is 42.7 Å². The molecule has 0 N–H and O–H groups in total. The Bertz CT molecular complexity index is 922. The van der Waals surface area contributed by atoms with Crippen molar-refractivity contribution in [2.24, 2.45) is 10.9 Å². The molecular weight excluding hydrogens is 378 g/mol. The van der Waals surface area contributed by atoms with E-state index in [4.69, 9.17) is 11.6 Å². The molecular formula is C22H20ClNO2S. The zero-order chi connectivity index (χ0) is 19.0. The first kappa shape index (κ1) is 18.5. The SMILES string of the molecule is CSc1ccc(C2CC(=O)N=C3CC(c4ccccc4Cl)CC(=O)C32)cc1. The zero-order valence-electron chi connectivity index (χ0n) is 15.0. The van der Waals surface area contributed by atoms with Crippen LogP contribution in [-0.4, -0.2) is 23.7 Å². The van der Waals surface area contributed by atoms with Crippen molar-refractivity contribution in [2.75, 3.05) is 6.26 Å². The number of amides is 1. The van der Waals surface area contributed by atoms with Gasteiger partial charge in [0.25, 0.3) is 0 Å². The predicted octanol–water partition coefficient (Wildman–Crippen LogP) is 5.28. The fraction of sp³-hybridized carbons (Fsp3) is 0.318. The van der Waals surface area contributed by atoms with E-state index in [-0.39, 0.29) is 29.4 Å². The molecule has 3 unspecified atom stereocenters. The van der Waals surface area contributed by atoms with Gasteiger partial charge in [0.05, 0.1) is 5.92 Å². The summed E-state index contributed by atoms with van der Waals surface area (Å²) in [5.41, 5.74) is 2.74. The van der Waals surface area contributed by atoms with Crippen LogP contribution in [0.3, 0.4) is 0 Å². The van der Waals surface area contributed by atoms with Gasteiger partial charge in [0, 0.05) is 34.4 Å². The third kappa shape index (κ3) is 3.61. The third-order valence-electron chi connectivity index (χ3n) is 5.56. The highest BCUT2D eigenvalue weighted by atomic mass is 35.5. The zero-order valence-corrected chi connectivity index (χ0v) is 16.6. The van der Waals surface area contributed by atoms with Crippen LogP contribution in [0.5, 0.6) is 0 Å². The van der Waals surface area contributed by atoms with E-state index in [0.717, 1.165) is 16.8 Å². The van der Waals surface area contributed by atoms with Crippen LogP contribution in [0.25, 0.3) is 0 Å². The Morgan fingerprint density at radius 2 is 1.74 bits per heavy atom. The van der Waals surface area contributed by atoms with Crippen LogP contribution < -0.4 is 0 Å². The van der Waals surface area contributed by atoms with Gasteiger partial charge >= 0.3 is 0 Å². The van der Waals surface area contributed by atoms with Gasteiger partial charge < -0.3 is 0 Å². The minimum Gasteiger partial charge on any atom is -0.299 e. The second-order valence-electron chi connectivity index (χ2n) is 7.15. The first-order valence-electron chi connectivity index (χ1n) is 9.08. The Labute approximate surface area is 168 Å². The first-order valence-corrected chi connectivity index (χ1v) is 10.7. The average Bonchev–Trinajstić information content (AvgIpc) is 2.67. The minimum atomic E-state index is -0.290. The largest absolute Gasteiger partial charge is 0.299 e. The van der Waals surface area contributed by atoms with Gasteiger partial charge in [0.1, 0.15) is 5.78 Å². The van der Waals surface area contributed by atoms with Crippen LogP contribution in [0.1, 0.15) is 42.2 Å². The lowest BCUT2D eigenvalue weighted by molar-refractivity contribution is -0.124. The van der Waals surface area contributed by atoms with Crippen molar-refractivity contribution in [1.29, 1.82) is 0 Å². The molecule has 2 aromatic carbocycles. The molecule has 1 heterocycles. The van der Waals surface area contributed by atoms with Crippen LogP contribution in [-0.2, 0) is 9.59 Å². The molecule has 4 rings (SSSR count). The topological polar surface area (TPSA) is 46.5 Å². The number of rotatable bonds is 3. The first-order chi connectivity index (χ1) is 13.1. The number of fused-ring (bicyclic) bond motifs is 1. The Hall–Kier alpha value is -1.91. The summed E-state index contributed by atoms with van der Waals surface area (Å²) in [6.45, 7) is 0. The second-order valence-corrected chi connectivity index (χ2v) is 8.44. The maximum Gasteiger partial charge on any atom is 0.246 e. The monoisotopic (exact) mass is 397 g/mol. The Balaban J connectivity index is 1.66. The summed E-state index contributed by atoms with van der Waals surface area (Å²) in [5, 5.41) is 0.667. The quantitative estimate of drug-likeness (QED) is 0.662. The van der Waals surface area contributed by atoms with Crippen molar-refractivity contribution >= 4 is 40.8 Å². The van der Waals surface area contributed by atoms with Gasteiger partial charge in [-0.25, -0.2) is 4.99 Å². The van der Waals surface area contributed by atoms with Gasteiger partial charge in [-0.05, 0) is 47.9 Å². The van der Waals surface area contributed by atoms with Crippen molar-refractivity contribution < 1.29 is 9.59 Å². The lowest BCUT2D eigenvalue weighted by Gasteiger charge is -2.36. The molecule has 1 fully saturated rings. The average molecular weight is 398 g/mol. The molecule has 0 saturated heterocycles. The van der Waals surface area contributed by atoms with Crippen LogP contribution >= 0.6 is 23.4 Å². The summed E-state index contributed by atoms with van der Waals surface area (Å²) in [6, 6.07) is 15.8. The number of halogens is 1. The van der Waals surface area contributed by atoms with Crippen LogP contribution in [0.15, 0.2) is 58.4 Å². The highest BCUT2D eigenvalue weighted by molar-refractivity contribution is 7.98. The number of hydrogen-bond donors (Lipinski definition) is 0. The fourth-order valence-electron chi connectivity index (χ4n) is 4.28. The third-order valence-corrected chi connectivity index (χ3v) is 6.65. The van der Waals surface area contributed by atoms with Gasteiger partial charge in [0.15, 0.2) is 0 Å². The van der Waals surface area contributed by atoms with E-state index in [9.17, 15) is 9.59 Å². The van der Waals surface area contributed by atoms with E-state index in [1.165, 1.54) is 4.90 Å². The smallest absolute Gasteiger partial charge is 0.246 e. The molecule has 0 radical (unpaired) electrons. The maximum atomic E-state index is 13.1. The van der Waals surface area contributed by atoms with Gasteiger partial charge in [-0.2, -0.15) is 0 Å². The number of nitrogens with zero attached hydrogens (tertiary/aromatic N) is 1. The molecule has 1 aliphatic heterocycles. The normalized spacial score (nSPS) is 25.1. The number of hydrogen-bond acceptors (Lipinski definition) is 3. The lowest BCUT2D eigenvalue weighted by Crippen LogP contribution is -2.40. The highest BCUT2D eigenvalue weighted by Gasteiger charge is 2.43. The van der Waals surface area contributed by atoms with E-state index >= 15 is 0 Å².